The van der Waals surface area contributed by atoms with Crippen molar-refractivity contribution in [3.05, 3.63) is 29.8 Å². The minimum absolute atomic E-state index is 0.0106. The van der Waals surface area contributed by atoms with Gasteiger partial charge in [0.25, 0.3) is 0 Å². The van der Waals surface area contributed by atoms with Crippen LogP contribution < -0.4 is 5.32 Å². The molecule has 1 saturated heterocycles. The van der Waals surface area contributed by atoms with E-state index in [0.717, 1.165) is 23.7 Å². The summed E-state index contributed by atoms with van der Waals surface area (Å²) >= 11 is 1.41. The summed E-state index contributed by atoms with van der Waals surface area (Å²) in [6, 6.07) is 8.13. The molecule has 2 aromatic rings. The zero-order valence-corrected chi connectivity index (χ0v) is 12.8. The maximum Gasteiger partial charge on any atom is 0.240 e. The highest BCUT2D eigenvalue weighted by Gasteiger charge is 2.16. The van der Waals surface area contributed by atoms with E-state index < -0.39 is 0 Å². The maximum absolute atomic E-state index is 11.9. The molecule has 0 radical (unpaired) electrons. The van der Waals surface area contributed by atoms with Gasteiger partial charge in [-0.05, 0) is 32.9 Å². The van der Waals surface area contributed by atoms with Gasteiger partial charge in [-0.3, -0.25) is 15.0 Å². The van der Waals surface area contributed by atoms with Gasteiger partial charge in [0, 0.05) is 5.56 Å². The number of aromatic nitrogens is 2. The van der Waals surface area contributed by atoms with Crippen molar-refractivity contribution in [2.45, 2.75) is 19.8 Å². The molecule has 3 rings (SSSR count). The van der Waals surface area contributed by atoms with Crippen LogP contribution in [0.1, 0.15) is 18.4 Å². The largest absolute Gasteiger partial charge is 0.299 e. The third-order valence-electron chi connectivity index (χ3n) is 3.54. The van der Waals surface area contributed by atoms with Crippen LogP contribution in [0, 0.1) is 6.92 Å². The van der Waals surface area contributed by atoms with Crippen molar-refractivity contribution in [3.8, 4) is 10.6 Å². The van der Waals surface area contributed by atoms with Gasteiger partial charge in [-0.25, -0.2) is 0 Å². The molecule has 1 amide bonds. The predicted molar refractivity (Wildman–Crippen MR) is 84.4 cm³/mol. The number of nitrogens with zero attached hydrogens (tertiary/aromatic N) is 3. The van der Waals surface area contributed by atoms with E-state index in [1.165, 1.54) is 29.7 Å². The number of carbonyl (C=O) groups excluding carboxylic acids is 1. The number of hydrogen-bond donors (Lipinski definition) is 1. The summed E-state index contributed by atoms with van der Waals surface area (Å²) in [7, 11) is 0. The monoisotopic (exact) mass is 302 g/mol. The Morgan fingerprint density at radius 3 is 2.67 bits per heavy atom. The normalized spacial score (nSPS) is 15.3. The number of anilines is 1. The van der Waals surface area contributed by atoms with Gasteiger partial charge in [-0.1, -0.05) is 41.2 Å². The molecule has 0 saturated carbocycles. The highest BCUT2D eigenvalue weighted by atomic mass is 32.1. The molecule has 1 aliphatic heterocycles. The van der Waals surface area contributed by atoms with Crippen molar-refractivity contribution in [2.75, 3.05) is 25.0 Å². The van der Waals surface area contributed by atoms with Crippen molar-refractivity contribution in [3.63, 3.8) is 0 Å². The number of rotatable bonds is 4. The Morgan fingerprint density at radius 2 is 1.95 bits per heavy atom. The molecule has 1 aromatic heterocycles. The molecule has 0 aliphatic carbocycles. The summed E-state index contributed by atoms with van der Waals surface area (Å²) in [5, 5.41) is 12.4. The van der Waals surface area contributed by atoms with Crippen LogP contribution in [-0.4, -0.2) is 40.6 Å². The maximum atomic E-state index is 11.9. The van der Waals surface area contributed by atoms with Crippen LogP contribution in [0.5, 0.6) is 0 Å². The van der Waals surface area contributed by atoms with E-state index in [1.807, 2.05) is 31.2 Å². The zero-order valence-electron chi connectivity index (χ0n) is 12.0. The van der Waals surface area contributed by atoms with Crippen molar-refractivity contribution < 1.29 is 4.79 Å². The number of nitrogens with one attached hydrogen (secondary N) is 1. The number of amides is 1. The van der Waals surface area contributed by atoms with Gasteiger partial charge in [-0.15, -0.1) is 10.2 Å². The van der Waals surface area contributed by atoms with Gasteiger partial charge in [0.15, 0.2) is 0 Å². The third kappa shape index (κ3) is 3.65. The molecular formula is C15H18N4OS. The summed E-state index contributed by atoms with van der Waals surface area (Å²) in [5.41, 5.74) is 2.24. The van der Waals surface area contributed by atoms with Gasteiger partial charge >= 0.3 is 0 Å². The van der Waals surface area contributed by atoms with Crippen molar-refractivity contribution in [2.24, 2.45) is 0 Å². The van der Waals surface area contributed by atoms with Gasteiger partial charge < -0.3 is 0 Å². The molecule has 21 heavy (non-hydrogen) atoms. The second-order valence-corrected chi connectivity index (χ2v) is 6.29. The van der Waals surface area contributed by atoms with Gasteiger partial charge in [0.1, 0.15) is 5.01 Å². The molecule has 0 unspecified atom stereocenters. The Labute approximate surface area is 128 Å². The Kier molecular flexibility index (Phi) is 4.26. The summed E-state index contributed by atoms with van der Waals surface area (Å²) < 4.78 is 0. The number of benzene rings is 1. The van der Waals surface area contributed by atoms with Crippen molar-refractivity contribution >= 4 is 22.4 Å². The average molecular weight is 302 g/mol. The summed E-state index contributed by atoms with van der Waals surface area (Å²) in [6.07, 6.45) is 2.37. The minimum Gasteiger partial charge on any atom is -0.299 e. The first-order valence-electron chi connectivity index (χ1n) is 7.13. The first-order valence-corrected chi connectivity index (χ1v) is 7.95. The molecular weight excluding hydrogens is 284 g/mol. The number of hydrogen-bond acceptors (Lipinski definition) is 5. The van der Waals surface area contributed by atoms with E-state index >= 15 is 0 Å². The fourth-order valence-corrected chi connectivity index (χ4v) is 3.15. The number of likely N-dealkylation sites (tertiary alicyclic amines) is 1. The van der Waals surface area contributed by atoms with Crippen LogP contribution in [0.15, 0.2) is 24.3 Å². The van der Waals surface area contributed by atoms with Crippen LogP contribution >= 0.6 is 11.3 Å². The third-order valence-corrected chi connectivity index (χ3v) is 4.42. The van der Waals surface area contributed by atoms with Crippen LogP contribution in [0.4, 0.5) is 5.13 Å². The van der Waals surface area contributed by atoms with Crippen LogP contribution in [0.2, 0.25) is 0 Å². The van der Waals surface area contributed by atoms with E-state index in [-0.39, 0.29) is 5.91 Å². The molecule has 6 heteroatoms. The quantitative estimate of drug-likeness (QED) is 0.943. The molecule has 2 heterocycles. The van der Waals surface area contributed by atoms with E-state index in [4.69, 9.17) is 0 Å². The first-order chi connectivity index (χ1) is 10.2. The number of aryl methyl sites for hydroxylation is 1. The topological polar surface area (TPSA) is 58.1 Å². The smallest absolute Gasteiger partial charge is 0.240 e. The van der Waals surface area contributed by atoms with Gasteiger partial charge in [-0.2, -0.15) is 0 Å². The van der Waals surface area contributed by atoms with E-state index in [1.54, 1.807) is 0 Å². The van der Waals surface area contributed by atoms with Crippen molar-refractivity contribution in [1.82, 2.24) is 15.1 Å². The molecule has 0 spiro atoms. The lowest BCUT2D eigenvalue weighted by Gasteiger charge is -2.12. The Balaban J connectivity index is 1.61. The van der Waals surface area contributed by atoms with E-state index in [9.17, 15) is 4.79 Å². The molecule has 0 atom stereocenters. The SMILES string of the molecule is Cc1ccc(-c2nnc(NC(=O)CN3CCCC3)s2)cc1. The van der Waals surface area contributed by atoms with E-state index in [2.05, 4.69) is 20.4 Å². The molecule has 1 fully saturated rings. The molecule has 1 aliphatic rings. The number of carbonyl (C=O) groups is 1. The minimum atomic E-state index is -0.0106. The summed E-state index contributed by atoms with van der Waals surface area (Å²) in [5.74, 6) is -0.0106. The lowest BCUT2D eigenvalue weighted by atomic mass is 10.2. The van der Waals surface area contributed by atoms with Crippen molar-refractivity contribution in [1.29, 1.82) is 0 Å². The standard InChI is InChI=1S/C15H18N4OS/c1-11-4-6-12(7-5-11)14-17-18-15(21-14)16-13(20)10-19-8-2-3-9-19/h4-7H,2-3,8-10H2,1H3,(H,16,18,20). The Morgan fingerprint density at radius 1 is 1.24 bits per heavy atom. The van der Waals surface area contributed by atoms with Crippen LogP contribution in [-0.2, 0) is 4.79 Å². The molecule has 5 nitrogen and oxygen atoms in total. The van der Waals surface area contributed by atoms with Gasteiger partial charge in [0.05, 0.1) is 6.54 Å². The Bertz CT molecular complexity index is 617. The van der Waals surface area contributed by atoms with Crippen LogP contribution in [0.3, 0.4) is 0 Å². The predicted octanol–water partition coefficient (Wildman–Crippen LogP) is 2.55. The van der Waals surface area contributed by atoms with Gasteiger partial charge in [0.2, 0.25) is 11.0 Å². The highest BCUT2D eigenvalue weighted by Crippen LogP contribution is 2.26. The molecule has 110 valence electrons. The van der Waals surface area contributed by atoms with Crippen LogP contribution in [0.25, 0.3) is 10.6 Å². The molecule has 1 N–H and O–H groups in total. The second-order valence-electron chi connectivity index (χ2n) is 5.31. The summed E-state index contributed by atoms with van der Waals surface area (Å²) in [6.45, 7) is 4.52. The molecule has 1 aromatic carbocycles. The Hall–Kier alpha value is -1.79. The lowest BCUT2D eigenvalue weighted by Crippen LogP contribution is -2.30. The first kappa shape index (κ1) is 14.2. The summed E-state index contributed by atoms with van der Waals surface area (Å²) in [4.78, 5) is 14.1. The lowest BCUT2D eigenvalue weighted by molar-refractivity contribution is -0.117. The average Bonchev–Trinajstić information content (AvgIpc) is 3.11. The zero-order chi connectivity index (χ0) is 14.7. The second kappa shape index (κ2) is 6.32. The van der Waals surface area contributed by atoms with E-state index in [0.29, 0.717) is 11.7 Å². The highest BCUT2D eigenvalue weighted by molar-refractivity contribution is 7.18. The fraction of sp³-hybridized carbons (Fsp3) is 0.400. The molecule has 0 bridgehead atoms. The fourth-order valence-electron chi connectivity index (χ4n) is 2.39.